The molecule has 0 fully saturated rings. The highest BCUT2D eigenvalue weighted by atomic mass is 32.2. The zero-order chi connectivity index (χ0) is 29.7. The summed E-state index contributed by atoms with van der Waals surface area (Å²) in [5.74, 6) is 0.157. The molecule has 0 radical (unpaired) electrons. The Kier molecular flexibility index (Phi) is 13.7. The number of carboxylic acids is 1. The number of hydrogen-bond acceptors (Lipinski definition) is 8. The summed E-state index contributed by atoms with van der Waals surface area (Å²) in [5.41, 5.74) is 17.0. The van der Waals surface area contributed by atoms with Gasteiger partial charge in [0.1, 0.15) is 11.5 Å². The van der Waals surface area contributed by atoms with Crippen molar-refractivity contribution in [2.24, 2.45) is 5.73 Å². The average molecular weight is 569 g/mol. The molecule has 0 spiro atoms. The minimum absolute atomic E-state index is 0.0612. The van der Waals surface area contributed by atoms with Gasteiger partial charge in [-0.3, -0.25) is 4.79 Å². The Bertz CT molecular complexity index is 1220. The molecule has 0 aliphatic rings. The summed E-state index contributed by atoms with van der Waals surface area (Å²) >= 11 is 1.64. The molecule has 0 aliphatic heterocycles. The number of aryl methyl sites for hydroxylation is 1. The smallest absolute Gasteiger partial charge is 0.304 e. The molecule has 0 saturated heterocycles. The summed E-state index contributed by atoms with van der Waals surface area (Å²) in [6, 6.07) is 17.8. The summed E-state index contributed by atoms with van der Waals surface area (Å²) in [4.78, 5) is 12.9. The van der Waals surface area contributed by atoms with Crippen molar-refractivity contribution < 1.29 is 19.4 Å². The molecule has 3 rings (SSSR count). The van der Waals surface area contributed by atoms with E-state index in [-0.39, 0.29) is 12.3 Å². The molecule has 0 aliphatic carbocycles. The number of nitrogens with zero attached hydrogens (tertiary/aromatic N) is 1. The molecule has 0 aromatic heterocycles. The molecule has 0 heterocycles. The van der Waals surface area contributed by atoms with Gasteiger partial charge in [0, 0.05) is 24.4 Å². The highest BCUT2D eigenvalue weighted by Crippen LogP contribution is 2.38. The molecule has 218 valence electrons. The van der Waals surface area contributed by atoms with E-state index in [1.807, 2.05) is 69.4 Å². The normalized spacial score (nSPS) is 11.4. The van der Waals surface area contributed by atoms with Gasteiger partial charge in [-0.05, 0) is 97.5 Å². The standard InChI is InChI=1S/C29H38N4O4S.C2H6/c1-19-6-7-20(25(17-28(34)35)21-15-26(31)29(32-2)27(16-21)36-4)14-22(19)18-33(3)38-24-10-8-23(9-11-24)37-13-5-12-30;1-2/h6-11,14-16,25,32H,5,12-13,17-18,30-31H2,1-4H3,(H,34,35);1-2H3. The van der Waals surface area contributed by atoms with Gasteiger partial charge in [-0.1, -0.05) is 32.0 Å². The number of nitrogen functional groups attached to an aromatic ring is 1. The first kappa shape index (κ1) is 32.8. The third kappa shape index (κ3) is 9.36. The molecule has 3 aromatic rings. The minimum atomic E-state index is -0.879. The molecular formula is C31H44N4O4S. The molecule has 40 heavy (non-hydrogen) atoms. The van der Waals surface area contributed by atoms with Crippen molar-refractivity contribution in [2.45, 2.75) is 51.0 Å². The Hall–Kier alpha value is -3.40. The lowest BCUT2D eigenvalue weighted by Crippen LogP contribution is -2.13. The molecular weight excluding hydrogens is 524 g/mol. The maximum atomic E-state index is 11.8. The number of nitrogens with one attached hydrogen (secondary N) is 1. The summed E-state index contributed by atoms with van der Waals surface area (Å²) in [6.07, 6.45) is 0.765. The second-order valence-electron chi connectivity index (χ2n) is 9.11. The van der Waals surface area contributed by atoms with Crippen LogP contribution in [-0.2, 0) is 11.3 Å². The van der Waals surface area contributed by atoms with Gasteiger partial charge in [-0.25, -0.2) is 4.31 Å². The van der Waals surface area contributed by atoms with E-state index < -0.39 is 5.97 Å². The number of ether oxygens (including phenoxy) is 2. The molecule has 1 unspecified atom stereocenters. The first-order chi connectivity index (χ1) is 19.2. The van der Waals surface area contributed by atoms with Crippen molar-refractivity contribution in [1.29, 1.82) is 0 Å². The molecule has 0 bridgehead atoms. The molecule has 1 atom stereocenters. The summed E-state index contributed by atoms with van der Waals surface area (Å²) in [5, 5.41) is 12.8. The van der Waals surface area contributed by atoms with Gasteiger partial charge in [-0.2, -0.15) is 0 Å². The lowest BCUT2D eigenvalue weighted by atomic mass is 9.86. The number of rotatable bonds is 14. The highest BCUT2D eigenvalue weighted by Gasteiger charge is 2.22. The number of aliphatic carboxylic acids is 1. The molecule has 8 nitrogen and oxygen atoms in total. The zero-order valence-electron chi connectivity index (χ0n) is 24.5. The summed E-state index contributed by atoms with van der Waals surface area (Å²) in [7, 11) is 5.39. The van der Waals surface area contributed by atoms with Gasteiger partial charge in [-0.15, -0.1) is 0 Å². The molecule has 0 saturated carbocycles. The van der Waals surface area contributed by atoms with Crippen LogP contribution in [0.3, 0.4) is 0 Å². The quantitative estimate of drug-likeness (QED) is 0.103. The van der Waals surface area contributed by atoms with Crippen molar-refractivity contribution in [1.82, 2.24) is 4.31 Å². The number of nitrogens with two attached hydrogens (primary N) is 2. The number of carbonyl (C=O) groups is 1. The van der Waals surface area contributed by atoms with E-state index in [2.05, 4.69) is 22.6 Å². The number of anilines is 2. The van der Waals surface area contributed by atoms with E-state index in [1.54, 1.807) is 26.1 Å². The van der Waals surface area contributed by atoms with Crippen molar-refractivity contribution in [3.8, 4) is 11.5 Å². The third-order valence-corrected chi connectivity index (χ3v) is 7.20. The Labute approximate surface area is 243 Å². The number of carboxylic acid groups (broad SMARTS) is 1. The van der Waals surface area contributed by atoms with Gasteiger partial charge in [0.2, 0.25) is 0 Å². The lowest BCUT2D eigenvalue weighted by molar-refractivity contribution is -0.137. The van der Waals surface area contributed by atoms with Crippen LogP contribution in [0.2, 0.25) is 0 Å². The fourth-order valence-corrected chi connectivity index (χ4v) is 5.11. The first-order valence-corrected chi connectivity index (χ1v) is 14.3. The van der Waals surface area contributed by atoms with Crippen molar-refractivity contribution in [3.05, 3.63) is 76.9 Å². The second kappa shape index (κ2) is 16.6. The monoisotopic (exact) mass is 568 g/mol. The topological polar surface area (TPSA) is 123 Å². The summed E-state index contributed by atoms with van der Waals surface area (Å²) in [6.45, 7) is 7.98. The van der Waals surface area contributed by atoms with Gasteiger partial charge < -0.3 is 31.4 Å². The van der Waals surface area contributed by atoms with Gasteiger partial charge in [0.15, 0.2) is 0 Å². The predicted molar refractivity (Wildman–Crippen MR) is 167 cm³/mol. The van der Waals surface area contributed by atoms with E-state index in [0.717, 1.165) is 39.3 Å². The van der Waals surface area contributed by atoms with E-state index in [1.165, 1.54) is 0 Å². The number of benzene rings is 3. The van der Waals surface area contributed by atoms with Crippen LogP contribution < -0.4 is 26.3 Å². The van der Waals surface area contributed by atoms with Crippen LogP contribution in [-0.4, -0.2) is 49.7 Å². The molecule has 6 N–H and O–H groups in total. The lowest BCUT2D eigenvalue weighted by Gasteiger charge is -2.22. The fraction of sp³-hybridized carbons (Fsp3) is 0.387. The van der Waals surface area contributed by atoms with Crippen LogP contribution in [0.4, 0.5) is 11.4 Å². The Morgan fingerprint density at radius 1 is 1.10 bits per heavy atom. The van der Waals surface area contributed by atoms with E-state index in [0.29, 0.717) is 36.8 Å². The Balaban J connectivity index is 0.00000274. The average Bonchev–Trinajstić information content (AvgIpc) is 2.94. The third-order valence-electron chi connectivity index (χ3n) is 6.28. The second-order valence-corrected chi connectivity index (χ2v) is 10.4. The molecule has 0 amide bonds. The van der Waals surface area contributed by atoms with Crippen LogP contribution in [0.1, 0.15) is 54.9 Å². The van der Waals surface area contributed by atoms with Crippen molar-refractivity contribution >= 4 is 29.3 Å². The number of methoxy groups -OCH3 is 1. The van der Waals surface area contributed by atoms with Crippen LogP contribution in [0, 0.1) is 6.92 Å². The van der Waals surface area contributed by atoms with Crippen molar-refractivity contribution in [3.63, 3.8) is 0 Å². The largest absolute Gasteiger partial charge is 0.494 e. The van der Waals surface area contributed by atoms with E-state index in [9.17, 15) is 9.90 Å². The zero-order valence-corrected chi connectivity index (χ0v) is 25.3. The van der Waals surface area contributed by atoms with E-state index >= 15 is 0 Å². The highest BCUT2D eigenvalue weighted by molar-refractivity contribution is 7.97. The van der Waals surface area contributed by atoms with Crippen LogP contribution in [0.15, 0.2) is 59.5 Å². The van der Waals surface area contributed by atoms with Crippen LogP contribution in [0.25, 0.3) is 0 Å². The Morgan fingerprint density at radius 3 is 2.40 bits per heavy atom. The van der Waals surface area contributed by atoms with Crippen LogP contribution >= 0.6 is 11.9 Å². The van der Waals surface area contributed by atoms with Gasteiger partial charge >= 0.3 is 5.97 Å². The maximum absolute atomic E-state index is 11.8. The fourth-order valence-electron chi connectivity index (χ4n) is 4.29. The maximum Gasteiger partial charge on any atom is 0.304 e. The number of hydrogen-bond donors (Lipinski definition) is 4. The Morgan fingerprint density at radius 2 is 1.80 bits per heavy atom. The molecule has 3 aromatic carbocycles. The van der Waals surface area contributed by atoms with E-state index in [4.69, 9.17) is 20.9 Å². The minimum Gasteiger partial charge on any atom is -0.494 e. The van der Waals surface area contributed by atoms with Gasteiger partial charge in [0.25, 0.3) is 0 Å². The molecule has 9 heteroatoms. The van der Waals surface area contributed by atoms with Crippen molar-refractivity contribution in [2.75, 3.05) is 45.4 Å². The predicted octanol–water partition coefficient (Wildman–Crippen LogP) is 6.13. The first-order valence-electron chi connectivity index (χ1n) is 13.5. The summed E-state index contributed by atoms with van der Waals surface area (Å²) < 4.78 is 13.4. The van der Waals surface area contributed by atoms with Crippen LogP contribution in [0.5, 0.6) is 11.5 Å². The van der Waals surface area contributed by atoms with Gasteiger partial charge in [0.05, 0.1) is 31.5 Å². The SMILES string of the molecule is CC.CNc1c(N)cc(C(CC(=O)O)c2ccc(C)c(CN(C)Sc3ccc(OCCCN)cc3)c2)cc1OC.